The first-order valence-corrected chi connectivity index (χ1v) is 11.1. The summed E-state index contributed by atoms with van der Waals surface area (Å²) in [4.78, 5) is 16.6. The number of ether oxygens (including phenoxy) is 2. The minimum Gasteiger partial charge on any atom is -0.493 e. The molecule has 1 atom stereocenters. The quantitative estimate of drug-likeness (QED) is 0.466. The van der Waals surface area contributed by atoms with Crippen molar-refractivity contribution in [2.45, 2.75) is 31.2 Å². The van der Waals surface area contributed by atoms with Crippen molar-refractivity contribution in [3.63, 3.8) is 0 Å². The van der Waals surface area contributed by atoms with Gasteiger partial charge in [-0.15, -0.1) is 11.8 Å². The molecule has 1 fully saturated rings. The zero-order chi connectivity index (χ0) is 19.9. The summed E-state index contributed by atoms with van der Waals surface area (Å²) in [5.74, 6) is 1.87. The largest absolute Gasteiger partial charge is 0.493 e. The number of piperidine rings is 1. The molecule has 1 unspecified atom stereocenters. The van der Waals surface area contributed by atoms with Crippen LogP contribution in [0, 0.1) is 5.92 Å². The Morgan fingerprint density at radius 2 is 2.04 bits per heavy atom. The molecule has 1 aliphatic rings. The lowest BCUT2D eigenvalue weighted by molar-refractivity contribution is 0.0808. The minimum atomic E-state index is 0.0617. The number of rotatable bonds is 8. The number of hydrogen-bond acceptors (Lipinski definition) is 5. The van der Waals surface area contributed by atoms with Crippen LogP contribution in [-0.4, -0.2) is 43.7 Å². The second kappa shape index (κ2) is 9.99. The number of hydrogen-bond donors (Lipinski definition) is 0. The second-order valence-electron chi connectivity index (χ2n) is 7.06. The number of benzene rings is 2. The summed E-state index contributed by atoms with van der Waals surface area (Å²) in [6.07, 6.45) is 4.04. The molecule has 28 heavy (non-hydrogen) atoms. The Morgan fingerprint density at radius 3 is 2.79 bits per heavy atom. The number of carbonyl (C=O) groups is 1. The average Bonchev–Trinajstić information content (AvgIpc) is 2.74. The second-order valence-corrected chi connectivity index (χ2v) is 7.91. The summed E-state index contributed by atoms with van der Waals surface area (Å²) in [6, 6.07) is 14.0. The van der Waals surface area contributed by atoms with Crippen molar-refractivity contribution in [1.29, 1.82) is 0 Å². The summed E-state index contributed by atoms with van der Waals surface area (Å²) < 4.78 is 11.1. The molecule has 0 amide bonds. The molecular weight excluding hydrogens is 370 g/mol. The van der Waals surface area contributed by atoms with Crippen molar-refractivity contribution in [3.8, 4) is 11.5 Å². The summed E-state index contributed by atoms with van der Waals surface area (Å²) in [5.41, 5.74) is 2.05. The van der Waals surface area contributed by atoms with Crippen LogP contribution in [0.5, 0.6) is 11.5 Å². The molecule has 0 saturated carbocycles. The molecule has 5 heteroatoms. The third-order valence-electron chi connectivity index (χ3n) is 5.18. The first kappa shape index (κ1) is 20.7. The highest BCUT2D eigenvalue weighted by molar-refractivity contribution is 7.98. The molecule has 0 radical (unpaired) electrons. The number of nitrogens with zero attached hydrogens (tertiary/aromatic N) is 1. The average molecular weight is 400 g/mol. The van der Waals surface area contributed by atoms with Crippen molar-refractivity contribution in [2.24, 2.45) is 5.92 Å². The Labute approximate surface area is 172 Å². The third-order valence-corrected chi connectivity index (χ3v) is 5.98. The Kier molecular flexibility index (Phi) is 7.40. The van der Waals surface area contributed by atoms with Crippen LogP contribution < -0.4 is 9.47 Å². The molecule has 1 saturated heterocycles. The van der Waals surface area contributed by atoms with Crippen LogP contribution in [0.25, 0.3) is 0 Å². The SMILES string of the molecule is CCOc1cc(CN2CCCC(C(=O)c3ccccc3SC)C2)ccc1OC. The van der Waals surface area contributed by atoms with Crippen molar-refractivity contribution in [3.05, 3.63) is 53.6 Å². The smallest absolute Gasteiger partial charge is 0.168 e. The zero-order valence-electron chi connectivity index (χ0n) is 16.9. The van der Waals surface area contributed by atoms with Crippen LogP contribution >= 0.6 is 11.8 Å². The van der Waals surface area contributed by atoms with Gasteiger partial charge in [0.1, 0.15) is 0 Å². The van der Waals surface area contributed by atoms with E-state index in [9.17, 15) is 4.79 Å². The van der Waals surface area contributed by atoms with E-state index >= 15 is 0 Å². The fraction of sp³-hybridized carbons (Fsp3) is 0.435. The van der Waals surface area contributed by atoms with Gasteiger partial charge in [-0.2, -0.15) is 0 Å². The van der Waals surface area contributed by atoms with Gasteiger partial charge in [0, 0.05) is 29.5 Å². The van der Waals surface area contributed by atoms with Crippen molar-refractivity contribution < 1.29 is 14.3 Å². The van der Waals surface area contributed by atoms with Gasteiger partial charge in [0.2, 0.25) is 0 Å². The molecule has 1 heterocycles. The van der Waals surface area contributed by atoms with Gasteiger partial charge in [0.15, 0.2) is 17.3 Å². The van der Waals surface area contributed by atoms with Crippen LogP contribution in [-0.2, 0) is 6.54 Å². The van der Waals surface area contributed by atoms with Gasteiger partial charge < -0.3 is 9.47 Å². The number of carbonyl (C=O) groups excluding carboxylic acids is 1. The van der Waals surface area contributed by atoms with E-state index in [1.807, 2.05) is 43.5 Å². The van der Waals surface area contributed by atoms with Crippen LogP contribution in [0.1, 0.15) is 35.7 Å². The van der Waals surface area contributed by atoms with Gasteiger partial charge in [-0.3, -0.25) is 9.69 Å². The monoisotopic (exact) mass is 399 g/mol. The Morgan fingerprint density at radius 1 is 1.21 bits per heavy atom. The Hall–Kier alpha value is -1.98. The lowest BCUT2D eigenvalue weighted by Crippen LogP contribution is -2.38. The molecular formula is C23H29NO3S. The van der Waals surface area contributed by atoms with Gasteiger partial charge in [-0.25, -0.2) is 0 Å². The van der Waals surface area contributed by atoms with E-state index in [2.05, 4.69) is 17.0 Å². The van der Waals surface area contributed by atoms with Crippen LogP contribution in [0.2, 0.25) is 0 Å². The maximum absolute atomic E-state index is 13.1. The van der Waals surface area contributed by atoms with E-state index < -0.39 is 0 Å². The van der Waals surface area contributed by atoms with E-state index in [-0.39, 0.29) is 11.7 Å². The predicted molar refractivity (Wildman–Crippen MR) is 115 cm³/mol. The van der Waals surface area contributed by atoms with Crippen molar-refractivity contribution >= 4 is 17.5 Å². The van der Waals surface area contributed by atoms with Crippen LogP contribution in [0.15, 0.2) is 47.4 Å². The van der Waals surface area contributed by atoms with Crippen molar-refractivity contribution in [2.75, 3.05) is 33.1 Å². The van der Waals surface area contributed by atoms with Gasteiger partial charge in [0.25, 0.3) is 0 Å². The summed E-state index contributed by atoms with van der Waals surface area (Å²) >= 11 is 1.64. The highest BCUT2D eigenvalue weighted by Crippen LogP contribution is 2.30. The first-order valence-electron chi connectivity index (χ1n) is 9.85. The molecule has 4 nitrogen and oxygen atoms in total. The van der Waals surface area contributed by atoms with Gasteiger partial charge in [-0.1, -0.05) is 24.3 Å². The van der Waals surface area contributed by atoms with E-state index in [0.29, 0.717) is 6.61 Å². The molecule has 0 aliphatic carbocycles. The zero-order valence-corrected chi connectivity index (χ0v) is 17.8. The lowest BCUT2D eigenvalue weighted by atomic mass is 9.89. The van der Waals surface area contributed by atoms with Gasteiger partial charge in [0.05, 0.1) is 13.7 Å². The van der Waals surface area contributed by atoms with Crippen molar-refractivity contribution in [1.82, 2.24) is 4.90 Å². The molecule has 2 aromatic rings. The van der Waals surface area contributed by atoms with E-state index in [4.69, 9.17) is 9.47 Å². The highest BCUT2D eigenvalue weighted by atomic mass is 32.2. The third kappa shape index (κ3) is 4.89. The summed E-state index contributed by atoms with van der Waals surface area (Å²) in [6.45, 7) is 5.22. The molecule has 3 rings (SSSR count). The molecule has 0 aromatic heterocycles. The first-order chi connectivity index (χ1) is 13.7. The minimum absolute atomic E-state index is 0.0617. The Balaban J connectivity index is 1.70. The lowest BCUT2D eigenvalue weighted by Gasteiger charge is -2.32. The normalized spacial score (nSPS) is 17.3. The molecule has 0 N–H and O–H groups in total. The predicted octanol–water partition coefficient (Wildman–Crippen LogP) is 4.91. The standard InChI is InChI=1S/C23H29NO3S/c1-4-27-21-14-17(11-12-20(21)26-2)15-24-13-7-8-18(16-24)23(25)19-9-5-6-10-22(19)28-3/h5-6,9-12,14,18H,4,7-8,13,15-16H2,1-3H3. The molecule has 2 aromatic carbocycles. The molecule has 0 spiro atoms. The van der Waals surface area contributed by atoms with Crippen LogP contribution in [0.3, 0.4) is 0 Å². The number of likely N-dealkylation sites (tertiary alicyclic amines) is 1. The highest BCUT2D eigenvalue weighted by Gasteiger charge is 2.27. The topological polar surface area (TPSA) is 38.8 Å². The summed E-state index contributed by atoms with van der Waals surface area (Å²) in [5, 5.41) is 0. The number of thioether (sulfide) groups is 1. The van der Waals surface area contributed by atoms with Gasteiger partial charge >= 0.3 is 0 Å². The van der Waals surface area contributed by atoms with E-state index in [1.54, 1.807) is 18.9 Å². The number of ketones is 1. The molecule has 0 bridgehead atoms. The fourth-order valence-electron chi connectivity index (χ4n) is 3.83. The Bertz CT molecular complexity index is 808. The fourth-order valence-corrected chi connectivity index (χ4v) is 4.43. The maximum Gasteiger partial charge on any atom is 0.168 e. The number of Topliss-reactive ketones (excluding diaryl/α,β-unsaturated/α-hetero) is 1. The van der Waals surface area contributed by atoms with E-state index in [0.717, 1.165) is 54.4 Å². The molecule has 150 valence electrons. The molecule has 1 aliphatic heterocycles. The van der Waals surface area contributed by atoms with E-state index in [1.165, 1.54) is 5.56 Å². The number of methoxy groups -OCH3 is 1. The summed E-state index contributed by atoms with van der Waals surface area (Å²) in [7, 11) is 1.66. The van der Waals surface area contributed by atoms with Crippen LogP contribution in [0.4, 0.5) is 0 Å². The maximum atomic E-state index is 13.1. The van der Waals surface area contributed by atoms with Gasteiger partial charge in [-0.05, 0) is 56.3 Å².